The van der Waals surface area contributed by atoms with Crippen LogP contribution in [0, 0.1) is 0 Å². The molecule has 3 aliphatic rings. The van der Waals surface area contributed by atoms with Crippen molar-refractivity contribution >= 4 is 30.0 Å². The van der Waals surface area contributed by atoms with Gasteiger partial charge in [0, 0.05) is 30.1 Å². The summed E-state index contributed by atoms with van der Waals surface area (Å²) in [5, 5.41) is 121. The molecule has 22 heteroatoms. The molecule has 1 aliphatic carbocycles. The minimum Gasteiger partial charge on any atom is -0.504 e. The molecule has 0 unspecified atom stereocenters. The Morgan fingerprint density at radius 1 is 0.657 bits per heavy atom. The minimum atomic E-state index is -2.50. The molecule has 0 radical (unpaired) electrons. The Kier molecular flexibility index (Phi) is 20.9. The van der Waals surface area contributed by atoms with E-state index in [9.17, 15) is 80.5 Å². The van der Waals surface area contributed by atoms with Gasteiger partial charge in [-0.15, -0.1) is 0 Å². The molecule has 22 nitrogen and oxygen atoms in total. The molecule has 0 aromatic heterocycles. The Morgan fingerprint density at radius 3 is 1.76 bits per heavy atom. The first-order chi connectivity index (χ1) is 33.0. The van der Waals surface area contributed by atoms with Gasteiger partial charge in [-0.1, -0.05) is 78.0 Å². The van der Waals surface area contributed by atoms with Crippen LogP contribution >= 0.6 is 0 Å². The quantitative estimate of drug-likeness (QED) is 0.0291. The van der Waals surface area contributed by atoms with E-state index >= 15 is 0 Å². The largest absolute Gasteiger partial charge is 0.504 e. The third-order valence-corrected chi connectivity index (χ3v) is 11.2. The second-order valence-corrected chi connectivity index (χ2v) is 16.8. The molecule has 3 fully saturated rings. The number of benzene rings is 1. The smallest absolute Gasteiger partial charge is 0.336 e. The summed E-state index contributed by atoms with van der Waals surface area (Å²) < 4.78 is 32.1. The standard InChI is InChI=1S/C48H60O22/c1-24(11-7-13-26(3)43(60)69-42-31(52)20-48(64,47(62)63)21-32(42)66-35(53)18-16-28-15-17-29(50)30(51)19-28)9-5-6-10-25(2)12-8-14-27(4)44(61)70-46-41(59)39(57)37(55)34(68-46)23-65-45-40(58)38(56)36(54)33(22-49)67-45/h5-19,31-34,36-42,45-46,49-52,54-59,64H,20-23H2,1-4H3,(H,62,63)/b6-5+,11-7+,12-8+,18-16+,24-9+,25-10+,26-13+,27-14+/t31-,32-,33-,34-,36-,37-,38+,39+,40-,41-,42-,45-,46+,48+/m1/s1. The van der Waals surface area contributed by atoms with Crippen LogP contribution in [0.2, 0.25) is 0 Å². The van der Waals surface area contributed by atoms with Gasteiger partial charge >= 0.3 is 23.9 Å². The van der Waals surface area contributed by atoms with Gasteiger partial charge < -0.3 is 89.7 Å². The van der Waals surface area contributed by atoms with E-state index in [2.05, 4.69) is 0 Å². The van der Waals surface area contributed by atoms with Crippen molar-refractivity contribution in [3.05, 3.63) is 113 Å². The molecular formula is C48H60O22. The zero-order chi connectivity index (χ0) is 52.0. The fourth-order valence-electron chi connectivity index (χ4n) is 6.99. The van der Waals surface area contributed by atoms with E-state index in [1.54, 1.807) is 62.5 Å². The van der Waals surface area contributed by atoms with Gasteiger partial charge in [-0.25, -0.2) is 19.2 Å². The molecule has 70 heavy (non-hydrogen) atoms. The first-order valence-electron chi connectivity index (χ1n) is 21.8. The Bertz CT molecular complexity index is 2260. The molecule has 1 saturated carbocycles. The van der Waals surface area contributed by atoms with Crippen molar-refractivity contribution in [1.82, 2.24) is 0 Å². The Morgan fingerprint density at radius 2 is 1.20 bits per heavy atom. The number of carboxylic acids is 1. The fraction of sp³-hybridized carbons (Fsp3) is 0.458. The van der Waals surface area contributed by atoms with Gasteiger partial charge in [-0.2, -0.15) is 0 Å². The summed E-state index contributed by atoms with van der Waals surface area (Å²) in [5.74, 6) is -5.41. The van der Waals surface area contributed by atoms with Gasteiger partial charge in [0.2, 0.25) is 6.29 Å². The van der Waals surface area contributed by atoms with Gasteiger partial charge in [-0.3, -0.25) is 0 Å². The van der Waals surface area contributed by atoms with E-state index in [1.807, 2.05) is 0 Å². The number of carbonyl (C=O) groups excluding carboxylic acids is 3. The highest BCUT2D eigenvalue weighted by Crippen LogP contribution is 2.34. The Labute approximate surface area is 401 Å². The molecule has 12 N–H and O–H groups in total. The number of phenolic OH excluding ortho intramolecular Hbond substituents is 2. The number of aliphatic hydroxyl groups is 9. The van der Waals surface area contributed by atoms with Crippen LogP contribution in [0.4, 0.5) is 0 Å². The summed E-state index contributed by atoms with van der Waals surface area (Å²) in [7, 11) is 0. The maximum atomic E-state index is 13.0. The SMILES string of the molecule is CC(/C=C/C=C(\C)C(=O)O[C@@H]1O[C@H](CO[C@@H]2O[C@H](CO)[C@@H](O)[C@H](O)[C@H]2O)[C@@H](O)[C@H](O)[C@H]1O)=C\C=C\C=C(C)\C=C\C=C(/C)C(=O)O[C@@H]1[C@H](O)C[C@@](O)(C(=O)O)C[C@H]1OC(=O)/C=C/c1ccc(O)c(O)c1. The van der Waals surface area contributed by atoms with Gasteiger partial charge in [0.25, 0.3) is 0 Å². The van der Waals surface area contributed by atoms with Crippen molar-refractivity contribution in [1.29, 1.82) is 0 Å². The summed E-state index contributed by atoms with van der Waals surface area (Å²) in [5.41, 5.74) is -0.549. The lowest BCUT2D eigenvalue weighted by Gasteiger charge is -2.42. The average Bonchev–Trinajstić information content (AvgIpc) is 3.31. The summed E-state index contributed by atoms with van der Waals surface area (Å²) in [6.45, 7) is 5.09. The first kappa shape index (κ1) is 56.7. The third-order valence-electron chi connectivity index (χ3n) is 11.2. The average molecular weight is 989 g/mol. The summed E-state index contributed by atoms with van der Waals surface area (Å²) >= 11 is 0. The number of aliphatic carboxylic acids is 1. The van der Waals surface area contributed by atoms with Crippen LogP contribution in [-0.4, -0.2) is 184 Å². The lowest BCUT2D eigenvalue weighted by atomic mass is 9.79. The molecule has 0 bridgehead atoms. The van der Waals surface area contributed by atoms with Crippen LogP contribution in [-0.2, 0) is 47.6 Å². The van der Waals surface area contributed by atoms with Crippen LogP contribution in [0.25, 0.3) is 6.08 Å². The van der Waals surface area contributed by atoms with Crippen LogP contribution in [0.1, 0.15) is 46.1 Å². The van der Waals surface area contributed by atoms with E-state index in [0.717, 1.165) is 23.3 Å². The predicted octanol–water partition coefficient (Wildman–Crippen LogP) is -0.474. The normalized spacial score (nSPS) is 32.7. The number of aliphatic hydroxyl groups excluding tert-OH is 8. The molecule has 2 aliphatic heterocycles. The van der Waals surface area contributed by atoms with Crippen molar-refractivity contribution < 1.29 is 109 Å². The van der Waals surface area contributed by atoms with Crippen molar-refractivity contribution in [3.63, 3.8) is 0 Å². The third kappa shape index (κ3) is 15.6. The predicted molar refractivity (Wildman–Crippen MR) is 241 cm³/mol. The fourth-order valence-corrected chi connectivity index (χ4v) is 6.99. The second-order valence-electron chi connectivity index (χ2n) is 16.8. The molecule has 0 amide bonds. The molecule has 2 saturated heterocycles. The van der Waals surface area contributed by atoms with E-state index in [4.69, 9.17) is 28.4 Å². The molecule has 1 aromatic rings. The van der Waals surface area contributed by atoms with Crippen LogP contribution < -0.4 is 0 Å². The minimum absolute atomic E-state index is 0.0659. The Balaban J connectivity index is 1.28. The zero-order valence-electron chi connectivity index (χ0n) is 38.4. The number of ether oxygens (including phenoxy) is 6. The first-order valence-corrected chi connectivity index (χ1v) is 21.8. The number of hydrogen-bond donors (Lipinski definition) is 12. The number of esters is 3. The van der Waals surface area contributed by atoms with E-state index in [-0.39, 0.29) is 16.9 Å². The van der Waals surface area contributed by atoms with Crippen LogP contribution in [0.5, 0.6) is 11.5 Å². The highest BCUT2D eigenvalue weighted by Gasteiger charge is 2.53. The number of carbonyl (C=O) groups is 4. The van der Waals surface area contributed by atoms with Crippen molar-refractivity contribution in [2.45, 2.75) is 126 Å². The van der Waals surface area contributed by atoms with Gasteiger partial charge in [0.05, 0.1) is 19.3 Å². The van der Waals surface area contributed by atoms with Crippen molar-refractivity contribution in [3.8, 4) is 11.5 Å². The zero-order valence-corrected chi connectivity index (χ0v) is 38.4. The number of aromatic hydroxyl groups is 2. The monoisotopic (exact) mass is 988 g/mol. The molecule has 4 rings (SSSR count). The van der Waals surface area contributed by atoms with Crippen molar-refractivity contribution in [2.24, 2.45) is 0 Å². The molecular weight excluding hydrogens is 929 g/mol. The van der Waals surface area contributed by atoms with Crippen LogP contribution in [0.15, 0.2) is 107 Å². The van der Waals surface area contributed by atoms with Gasteiger partial charge in [0.15, 0.2) is 29.5 Å². The number of phenols is 2. The van der Waals surface area contributed by atoms with Crippen molar-refractivity contribution in [2.75, 3.05) is 13.2 Å². The molecule has 14 atom stereocenters. The number of carboxylic acid groups (broad SMARTS) is 1. The number of hydrogen-bond acceptors (Lipinski definition) is 21. The highest BCUT2D eigenvalue weighted by molar-refractivity contribution is 5.89. The highest BCUT2D eigenvalue weighted by atomic mass is 16.7. The summed E-state index contributed by atoms with van der Waals surface area (Å²) in [6, 6.07) is 3.73. The Hall–Kier alpha value is -5.86. The van der Waals surface area contributed by atoms with Gasteiger partial charge in [0.1, 0.15) is 54.9 Å². The van der Waals surface area contributed by atoms with Crippen LogP contribution in [0.3, 0.4) is 0 Å². The molecule has 2 heterocycles. The topological polar surface area (TPSA) is 366 Å². The number of rotatable bonds is 18. The summed E-state index contributed by atoms with van der Waals surface area (Å²) in [4.78, 5) is 50.4. The maximum Gasteiger partial charge on any atom is 0.336 e. The van der Waals surface area contributed by atoms with Gasteiger partial charge in [-0.05, 0) is 51.5 Å². The molecule has 1 aromatic carbocycles. The van der Waals surface area contributed by atoms with E-state index in [1.165, 1.54) is 44.2 Å². The van der Waals surface area contributed by atoms with E-state index in [0.29, 0.717) is 5.56 Å². The second kappa shape index (κ2) is 25.8. The molecule has 0 spiro atoms. The lowest BCUT2D eigenvalue weighted by molar-refractivity contribution is -0.326. The molecule has 384 valence electrons. The summed E-state index contributed by atoms with van der Waals surface area (Å²) in [6.07, 6.45) is -4.47. The van der Waals surface area contributed by atoms with E-state index < -0.39 is 141 Å². The maximum absolute atomic E-state index is 13.0. The number of allylic oxidation sites excluding steroid dienone is 12. The lowest BCUT2D eigenvalue weighted by Crippen LogP contribution is -2.61.